The fraction of sp³-hybridized carbons (Fsp3) is 0. The van der Waals surface area contributed by atoms with Crippen LogP contribution in [0.1, 0.15) is 10.4 Å². The van der Waals surface area contributed by atoms with E-state index in [1.165, 1.54) is 5.01 Å². The highest BCUT2D eigenvalue weighted by Gasteiger charge is 2.36. The standard InChI is InChI=1S/C12H8N2O2/c15-11-9-5-1-2-6-10(9)14(12(11)16)13-7-3-4-8-13/h1-8H. The zero-order chi connectivity index (χ0) is 11.1. The van der Waals surface area contributed by atoms with Crippen LogP contribution in [0, 0.1) is 0 Å². The third-order valence-electron chi connectivity index (χ3n) is 2.58. The number of ketones is 1. The molecule has 1 aromatic carbocycles. The number of hydrogen-bond donors (Lipinski definition) is 0. The third-order valence-corrected chi connectivity index (χ3v) is 2.58. The molecule has 1 aliphatic heterocycles. The lowest BCUT2D eigenvalue weighted by Crippen LogP contribution is -2.33. The van der Waals surface area contributed by atoms with Crippen molar-refractivity contribution in [2.75, 3.05) is 5.01 Å². The summed E-state index contributed by atoms with van der Waals surface area (Å²) in [7, 11) is 0. The van der Waals surface area contributed by atoms with Gasteiger partial charge in [-0.2, -0.15) is 0 Å². The van der Waals surface area contributed by atoms with Crippen molar-refractivity contribution in [1.82, 2.24) is 4.68 Å². The molecule has 0 fully saturated rings. The van der Waals surface area contributed by atoms with Crippen molar-refractivity contribution in [3.05, 3.63) is 54.4 Å². The molecule has 4 nitrogen and oxygen atoms in total. The molecular weight excluding hydrogens is 204 g/mol. The van der Waals surface area contributed by atoms with E-state index >= 15 is 0 Å². The number of carbonyl (C=O) groups excluding carboxylic acids is 2. The highest BCUT2D eigenvalue weighted by Crippen LogP contribution is 2.28. The van der Waals surface area contributed by atoms with Gasteiger partial charge in [0.05, 0.1) is 11.3 Å². The molecule has 16 heavy (non-hydrogen) atoms. The van der Waals surface area contributed by atoms with E-state index in [1.54, 1.807) is 53.5 Å². The minimum absolute atomic E-state index is 0.454. The van der Waals surface area contributed by atoms with Crippen LogP contribution >= 0.6 is 0 Å². The number of nitrogens with zero attached hydrogens (tertiary/aromatic N) is 2. The highest BCUT2D eigenvalue weighted by atomic mass is 16.2. The molecule has 0 unspecified atom stereocenters. The number of hydrogen-bond acceptors (Lipinski definition) is 2. The van der Waals surface area contributed by atoms with Crippen molar-refractivity contribution in [3.8, 4) is 0 Å². The number of rotatable bonds is 1. The van der Waals surface area contributed by atoms with E-state index in [0.717, 1.165) is 0 Å². The van der Waals surface area contributed by atoms with Crippen LogP contribution in [0.15, 0.2) is 48.8 Å². The van der Waals surface area contributed by atoms with Crippen LogP contribution < -0.4 is 5.01 Å². The number of amides is 1. The number of fused-ring (bicyclic) bond motifs is 1. The minimum atomic E-state index is -0.516. The molecular formula is C12H8N2O2. The Balaban J connectivity index is 2.22. The Morgan fingerprint density at radius 3 is 2.31 bits per heavy atom. The summed E-state index contributed by atoms with van der Waals surface area (Å²) >= 11 is 0. The van der Waals surface area contributed by atoms with E-state index in [2.05, 4.69) is 0 Å². The monoisotopic (exact) mass is 212 g/mol. The number of carbonyl (C=O) groups is 2. The van der Waals surface area contributed by atoms with Crippen LogP contribution in [-0.4, -0.2) is 16.4 Å². The topological polar surface area (TPSA) is 42.3 Å². The molecule has 0 saturated heterocycles. The Kier molecular flexibility index (Phi) is 1.71. The predicted octanol–water partition coefficient (Wildman–Crippen LogP) is 1.48. The molecule has 0 spiro atoms. The average molecular weight is 212 g/mol. The SMILES string of the molecule is O=C1C(=O)N(n2cccc2)c2ccccc21. The normalized spacial score (nSPS) is 14.4. The number of benzene rings is 1. The van der Waals surface area contributed by atoms with E-state index < -0.39 is 11.7 Å². The fourth-order valence-corrected chi connectivity index (χ4v) is 1.86. The number of anilines is 1. The van der Waals surface area contributed by atoms with E-state index in [9.17, 15) is 9.59 Å². The number of aromatic nitrogens is 1. The first-order valence-corrected chi connectivity index (χ1v) is 4.90. The maximum atomic E-state index is 11.8. The van der Waals surface area contributed by atoms with Gasteiger partial charge in [-0.25, -0.2) is 5.01 Å². The van der Waals surface area contributed by atoms with Gasteiger partial charge in [0, 0.05) is 12.4 Å². The zero-order valence-corrected chi connectivity index (χ0v) is 8.33. The first-order chi connectivity index (χ1) is 7.79. The van der Waals surface area contributed by atoms with Gasteiger partial charge >= 0.3 is 5.91 Å². The van der Waals surface area contributed by atoms with Crippen molar-refractivity contribution in [1.29, 1.82) is 0 Å². The second kappa shape index (κ2) is 3.06. The zero-order valence-electron chi connectivity index (χ0n) is 8.33. The lowest BCUT2D eigenvalue weighted by Gasteiger charge is -2.17. The Hall–Kier alpha value is -2.36. The quantitative estimate of drug-likeness (QED) is 0.672. The summed E-state index contributed by atoms with van der Waals surface area (Å²) in [6, 6.07) is 10.6. The minimum Gasteiger partial charge on any atom is -0.283 e. The van der Waals surface area contributed by atoms with Crippen LogP contribution in [-0.2, 0) is 4.79 Å². The molecule has 1 amide bonds. The molecule has 0 atom stereocenters. The summed E-state index contributed by atoms with van der Waals surface area (Å²) in [6.45, 7) is 0. The van der Waals surface area contributed by atoms with Gasteiger partial charge in [0.15, 0.2) is 0 Å². The number of para-hydroxylation sites is 1. The maximum Gasteiger partial charge on any atom is 0.318 e. The van der Waals surface area contributed by atoms with E-state index in [4.69, 9.17) is 0 Å². The van der Waals surface area contributed by atoms with E-state index in [0.29, 0.717) is 11.3 Å². The summed E-state index contributed by atoms with van der Waals surface area (Å²) in [4.78, 5) is 23.5. The Bertz CT molecular complexity index is 572. The van der Waals surface area contributed by atoms with Gasteiger partial charge < -0.3 is 0 Å². The second-order valence-electron chi connectivity index (χ2n) is 3.53. The lowest BCUT2D eigenvalue weighted by molar-refractivity contribution is -0.114. The fourth-order valence-electron chi connectivity index (χ4n) is 1.86. The summed E-state index contributed by atoms with van der Waals surface area (Å²) < 4.78 is 1.60. The van der Waals surface area contributed by atoms with Crippen molar-refractivity contribution in [2.24, 2.45) is 0 Å². The van der Waals surface area contributed by atoms with Crippen LogP contribution in [0.25, 0.3) is 0 Å². The van der Waals surface area contributed by atoms with Crippen LogP contribution in [0.5, 0.6) is 0 Å². The molecule has 0 aliphatic carbocycles. The van der Waals surface area contributed by atoms with Crippen LogP contribution in [0.2, 0.25) is 0 Å². The molecule has 2 heterocycles. The van der Waals surface area contributed by atoms with Crippen LogP contribution in [0.3, 0.4) is 0 Å². The van der Waals surface area contributed by atoms with Crippen molar-refractivity contribution in [2.45, 2.75) is 0 Å². The highest BCUT2D eigenvalue weighted by molar-refractivity contribution is 6.52. The summed E-state index contributed by atoms with van der Waals surface area (Å²) in [5.74, 6) is -0.971. The Morgan fingerprint density at radius 2 is 1.56 bits per heavy atom. The first-order valence-electron chi connectivity index (χ1n) is 4.90. The maximum absolute atomic E-state index is 11.8. The predicted molar refractivity (Wildman–Crippen MR) is 58.1 cm³/mol. The van der Waals surface area contributed by atoms with Gasteiger partial charge in [-0.15, -0.1) is 0 Å². The molecule has 2 aromatic rings. The Labute approximate surface area is 91.7 Å². The van der Waals surface area contributed by atoms with Gasteiger partial charge in [0.1, 0.15) is 0 Å². The largest absolute Gasteiger partial charge is 0.318 e. The third kappa shape index (κ3) is 1.04. The molecule has 1 aliphatic rings. The molecule has 0 saturated carbocycles. The molecule has 3 rings (SSSR count). The van der Waals surface area contributed by atoms with Crippen molar-refractivity contribution < 1.29 is 9.59 Å². The summed E-state index contributed by atoms with van der Waals surface area (Å²) in [5.41, 5.74) is 1.09. The van der Waals surface area contributed by atoms with E-state index in [1.807, 2.05) is 0 Å². The van der Waals surface area contributed by atoms with Crippen molar-refractivity contribution in [3.63, 3.8) is 0 Å². The molecule has 4 heteroatoms. The van der Waals surface area contributed by atoms with E-state index in [-0.39, 0.29) is 0 Å². The molecule has 0 N–H and O–H groups in total. The second-order valence-corrected chi connectivity index (χ2v) is 3.53. The van der Waals surface area contributed by atoms with Gasteiger partial charge in [0.2, 0.25) is 0 Å². The van der Waals surface area contributed by atoms with Gasteiger partial charge in [0.25, 0.3) is 5.78 Å². The van der Waals surface area contributed by atoms with Crippen molar-refractivity contribution >= 4 is 17.4 Å². The number of Topliss-reactive ketones (excluding diaryl/α,β-unsaturated/α-hetero) is 1. The first kappa shape index (κ1) is 8.91. The molecule has 0 radical (unpaired) electrons. The molecule has 78 valence electrons. The smallest absolute Gasteiger partial charge is 0.283 e. The van der Waals surface area contributed by atoms with Gasteiger partial charge in [-0.05, 0) is 24.3 Å². The average Bonchev–Trinajstić information content (AvgIpc) is 2.89. The summed E-state index contributed by atoms with van der Waals surface area (Å²) in [5, 5.41) is 1.37. The van der Waals surface area contributed by atoms with Gasteiger partial charge in [-0.3, -0.25) is 14.3 Å². The lowest BCUT2D eigenvalue weighted by atomic mass is 10.1. The molecule has 0 bridgehead atoms. The van der Waals surface area contributed by atoms with Gasteiger partial charge in [-0.1, -0.05) is 12.1 Å². The summed E-state index contributed by atoms with van der Waals surface area (Å²) in [6.07, 6.45) is 3.46. The van der Waals surface area contributed by atoms with Crippen LogP contribution in [0.4, 0.5) is 5.69 Å². The Morgan fingerprint density at radius 1 is 0.875 bits per heavy atom. The molecule has 1 aromatic heterocycles.